The van der Waals surface area contributed by atoms with E-state index in [-0.39, 0.29) is 11.8 Å². The molecule has 2 aromatic carbocycles. The minimum absolute atomic E-state index is 0.0258. The molecule has 3 heterocycles. The molecule has 2 fully saturated rings. The highest BCUT2D eigenvalue weighted by atomic mass is 16.2. The second kappa shape index (κ2) is 9.02. The maximum atomic E-state index is 13.8. The van der Waals surface area contributed by atoms with Gasteiger partial charge in [0.15, 0.2) is 0 Å². The fourth-order valence-electron chi connectivity index (χ4n) is 4.80. The van der Waals surface area contributed by atoms with Gasteiger partial charge in [-0.05, 0) is 37.0 Å². The smallest absolute Gasteiger partial charge is 0.250 e. The van der Waals surface area contributed by atoms with Crippen LogP contribution in [0.4, 0.5) is 5.95 Å². The summed E-state index contributed by atoms with van der Waals surface area (Å²) >= 11 is 0. The number of aromatic nitrogens is 2. The number of benzene rings is 2. The number of likely N-dealkylation sites (tertiary alicyclic amines) is 1. The molecule has 2 aliphatic heterocycles. The summed E-state index contributed by atoms with van der Waals surface area (Å²) in [7, 11) is 0. The van der Waals surface area contributed by atoms with E-state index >= 15 is 0 Å². The van der Waals surface area contributed by atoms with Gasteiger partial charge in [0.2, 0.25) is 17.8 Å². The average Bonchev–Trinajstić information content (AvgIpc) is 3.10. The second-order valence-electron chi connectivity index (χ2n) is 8.60. The standard InChI is InChI=1S/C25H29N5O2/c31-22-13-6-7-16-30(22)23(19-9-2-1-3-10-19)24(32)28-14-8-15-29(18-17-28)25-26-20-11-4-5-12-21(20)27-25/h1-5,9-12,23H,6-8,13-18H2,(H,26,27). The van der Waals surface area contributed by atoms with Crippen molar-refractivity contribution in [1.29, 1.82) is 0 Å². The highest BCUT2D eigenvalue weighted by Gasteiger charge is 2.35. The molecule has 0 spiro atoms. The minimum Gasteiger partial charge on any atom is -0.341 e. The lowest BCUT2D eigenvalue weighted by Crippen LogP contribution is -2.48. The van der Waals surface area contributed by atoms with E-state index < -0.39 is 6.04 Å². The third-order valence-corrected chi connectivity index (χ3v) is 6.50. The van der Waals surface area contributed by atoms with Crippen molar-refractivity contribution < 1.29 is 9.59 Å². The Morgan fingerprint density at radius 3 is 2.50 bits per heavy atom. The number of H-pyrrole nitrogens is 1. The molecule has 2 aliphatic rings. The average molecular weight is 432 g/mol. The van der Waals surface area contributed by atoms with Crippen molar-refractivity contribution in [2.45, 2.75) is 31.7 Å². The van der Waals surface area contributed by atoms with Crippen molar-refractivity contribution in [3.05, 3.63) is 60.2 Å². The molecule has 1 N–H and O–H groups in total. The fourth-order valence-corrected chi connectivity index (χ4v) is 4.80. The van der Waals surface area contributed by atoms with Crippen molar-refractivity contribution in [2.24, 2.45) is 0 Å². The molecule has 1 atom stereocenters. The topological polar surface area (TPSA) is 72.5 Å². The Kier molecular flexibility index (Phi) is 5.79. The zero-order valence-corrected chi connectivity index (χ0v) is 18.2. The summed E-state index contributed by atoms with van der Waals surface area (Å²) < 4.78 is 0. The SMILES string of the molecule is O=C(C(c1ccccc1)N1CCCCC1=O)N1CCCN(c2nc3ccccc3[nH]2)CC1. The summed E-state index contributed by atoms with van der Waals surface area (Å²) in [5, 5.41) is 0. The van der Waals surface area contributed by atoms with Gasteiger partial charge in [0.1, 0.15) is 6.04 Å². The maximum absolute atomic E-state index is 13.8. The van der Waals surface area contributed by atoms with Crippen LogP contribution in [-0.4, -0.2) is 64.3 Å². The van der Waals surface area contributed by atoms with Gasteiger partial charge < -0.3 is 19.7 Å². The molecule has 1 unspecified atom stereocenters. The van der Waals surface area contributed by atoms with Gasteiger partial charge in [-0.15, -0.1) is 0 Å². The summed E-state index contributed by atoms with van der Waals surface area (Å²) in [6.07, 6.45) is 3.23. The number of piperidine rings is 1. The van der Waals surface area contributed by atoms with Crippen LogP contribution < -0.4 is 4.90 Å². The Balaban J connectivity index is 1.35. The zero-order chi connectivity index (χ0) is 21.9. The lowest BCUT2D eigenvalue weighted by Gasteiger charge is -2.36. The molecule has 1 aromatic heterocycles. The Morgan fingerprint density at radius 1 is 0.875 bits per heavy atom. The van der Waals surface area contributed by atoms with Crippen LogP contribution in [0.15, 0.2) is 54.6 Å². The molecule has 0 radical (unpaired) electrons. The number of aromatic amines is 1. The molecular formula is C25H29N5O2. The highest BCUT2D eigenvalue weighted by molar-refractivity contribution is 5.89. The quantitative estimate of drug-likeness (QED) is 0.688. The lowest BCUT2D eigenvalue weighted by molar-refractivity contribution is -0.147. The van der Waals surface area contributed by atoms with Gasteiger partial charge in [-0.3, -0.25) is 9.59 Å². The second-order valence-corrected chi connectivity index (χ2v) is 8.60. The first kappa shape index (κ1) is 20.5. The van der Waals surface area contributed by atoms with E-state index in [1.165, 1.54) is 0 Å². The van der Waals surface area contributed by atoms with Crippen LogP contribution in [0.1, 0.15) is 37.3 Å². The predicted octanol–water partition coefficient (Wildman–Crippen LogP) is 3.36. The van der Waals surface area contributed by atoms with Gasteiger partial charge in [-0.1, -0.05) is 42.5 Å². The van der Waals surface area contributed by atoms with Gasteiger partial charge in [0.25, 0.3) is 0 Å². The molecule has 7 nitrogen and oxygen atoms in total. The van der Waals surface area contributed by atoms with Crippen molar-refractivity contribution in [1.82, 2.24) is 19.8 Å². The molecule has 2 amide bonds. The molecule has 7 heteroatoms. The first-order valence-corrected chi connectivity index (χ1v) is 11.5. The van der Waals surface area contributed by atoms with E-state index in [2.05, 4.69) is 9.88 Å². The first-order valence-electron chi connectivity index (χ1n) is 11.5. The molecule has 0 saturated carbocycles. The number of nitrogens with one attached hydrogen (secondary N) is 1. The van der Waals surface area contributed by atoms with E-state index in [4.69, 9.17) is 4.98 Å². The van der Waals surface area contributed by atoms with Crippen LogP contribution in [0, 0.1) is 0 Å². The zero-order valence-electron chi connectivity index (χ0n) is 18.2. The number of para-hydroxylation sites is 2. The molecule has 0 aliphatic carbocycles. The van der Waals surface area contributed by atoms with Crippen LogP contribution in [0.3, 0.4) is 0 Å². The monoisotopic (exact) mass is 431 g/mol. The fraction of sp³-hybridized carbons (Fsp3) is 0.400. The Bertz CT molecular complexity index is 1060. The van der Waals surface area contributed by atoms with E-state index in [0.29, 0.717) is 32.6 Å². The highest BCUT2D eigenvalue weighted by Crippen LogP contribution is 2.28. The van der Waals surface area contributed by atoms with Crippen LogP contribution in [0.2, 0.25) is 0 Å². The first-order chi connectivity index (χ1) is 15.7. The lowest BCUT2D eigenvalue weighted by atomic mass is 10.00. The molecule has 32 heavy (non-hydrogen) atoms. The third kappa shape index (κ3) is 4.07. The molecule has 5 rings (SSSR count). The summed E-state index contributed by atoms with van der Waals surface area (Å²) in [4.78, 5) is 40.6. The maximum Gasteiger partial charge on any atom is 0.250 e. The summed E-state index contributed by atoms with van der Waals surface area (Å²) in [5.74, 6) is 0.960. The van der Waals surface area contributed by atoms with Gasteiger partial charge in [0, 0.05) is 39.1 Å². The van der Waals surface area contributed by atoms with Crippen molar-refractivity contribution in [3.8, 4) is 0 Å². The number of anilines is 1. The number of carbonyl (C=O) groups excluding carboxylic acids is 2. The number of carbonyl (C=O) groups is 2. The summed E-state index contributed by atoms with van der Waals surface area (Å²) in [6.45, 7) is 3.48. The summed E-state index contributed by atoms with van der Waals surface area (Å²) in [6, 6.07) is 17.2. The van der Waals surface area contributed by atoms with Crippen molar-refractivity contribution in [2.75, 3.05) is 37.6 Å². The van der Waals surface area contributed by atoms with Crippen molar-refractivity contribution in [3.63, 3.8) is 0 Å². The van der Waals surface area contributed by atoms with E-state index in [1.54, 1.807) is 4.90 Å². The molecule has 166 valence electrons. The van der Waals surface area contributed by atoms with E-state index in [0.717, 1.165) is 48.4 Å². The Morgan fingerprint density at radius 2 is 1.69 bits per heavy atom. The number of hydrogen-bond donors (Lipinski definition) is 1. The largest absolute Gasteiger partial charge is 0.341 e. The number of fused-ring (bicyclic) bond motifs is 1. The Hall–Kier alpha value is -3.35. The van der Waals surface area contributed by atoms with Gasteiger partial charge >= 0.3 is 0 Å². The molecule has 2 saturated heterocycles. The predicted molar refractivity (Wildman–Crippen MR) is 124 cm³/mol. The van der Waals surface area contributed by atoms with Gasteiger partial charge in [0.05, 0.1) is 11.0 Å². The number of hydrogen-bond acceptors (Lipinski definition) is 4. The normalized spacial score (nSPS) is 18.6. The Labute approximate surface area is 188 Å². The van der Waals surface area contributed by atoms with Gasteiger partial charge in [-0.2, -0.15) is 0 Å². The number of imidazole rings is 1. The van der Waals surface area contributed by atoms with E-state index in [1.807, 2.05) is 59.5 Å². The number of rotatable bonds is 4. The summed E-state index contributed by atoms with van der Waals surface area (Å²) in [5.41, 5.74) is 2.87. The van der Waals surface area contributed by atoms with Crippen LogP contribution in [0.5, 0.6) is 0 Å². The van der Waals surface area contributed by atoms with Crippen LogP contribution in [-0.2, 0) is 9.59 Å². The molecule has 0 bridgehead atoms. The van der Waals surface area contributed by atoms with Crippen LogP contribution in [0.25, 0.3) is 11.0 Å². The minimum atomic E-state index is -0.540. The van der Waals surface area contributed by atoms with E-state index in [9.17, 15) is 9.59 Å². The third-order valence-electron chi connectivity index (χ3n) is 6.50. The molecular weight excluding hydrogens is 402 g/mol. The number of amides is 2. The number of nitrogens with zero attached hydrogens (tertiary/aromatic N) is 4. The van der Waals surface area contributed by atoms with Gasteiger partial charge in [-0.25, -0.2) is 4.98 Å². The van der Waals surface area contributed by atoms with Crippen molar-refractivity contribution >= 4 is 28.8 Å². The van der Waals surface area contributed by atoms with Crippen LogP contribution >= 0.6 is 0 Å². The molecule has 3 aromatic rings.